The normalized spacial score (nSPS) is 11.0. The van der Waals surface area contributed by atoms with Gasteiger partial charge in [0.25, 0.3) is 6.47 Å². The molecule has 5 nitrogen and oxygen atoms in total. The summed E-state index contributed by atoms with van der Waals surface area (Å²) in [6.07, 6.45) is 3.61. The van der Waals surface area contributed by atoms with Crippen LogP contribution in [-0.4, -0.2) is 11.6 Å². The molecule has 0 fully saturated rings. The van der Waals surface area contributed by atoms with E-state index in [1.54, 1.807) is 60.7 Å². The number of fused-ring (bicyclic) bond motifs is 1. The van der Waals surface area contributed by atoms with Gasteiger partial charge in [0, 0.05) is 12.0 Å². The van der Waals surface area contributed by atoms with Crippen molar-refractivity contribution in [3.8, 4) is 11.5 Å². The predicted octanol–water partition coefficient (Wildman–Crippen LogP) is 3.29. The molecule has 0 radical (unpaired) electrons. The van der Waals surface area contributed by atoms with Gasteiger partial charge >= 0.3 is 5.63 Å². The summed E-state index contributed by atoms with van der Waals surface area (Å²) in [6, 6.07) is 13.8. The molecule has 0 unspecified atom stereocenters. The fraction of sp³-hybridized carbons (Fsp3) is 0.0526. The molecule has 2 aromatic carbocycles. The number of ether oxygens (including phenoxy) is 1. The Labute approximate surface area is 137 Å². The van der Waals surface area contributed by atoms with Gasteiger partial charge in [0.05, 0.1) is 10.9 Å². The number of hydrogen-bond donors (Lipinski definition) is 1. The molecular weight excluding hydrogens is 308 g/mol. The molecule has 0 spiro atoms. The minimum absolute atomic E-state index is 0.0797. The average Bonchev–Trinajstić information content (AvgIpc) is 2.59. The van der Waals surface area contributed by atoms with E-state index in [1.165, 1.54) is 0 Å². The number of rotatable bonds is 5. The van der Waals surface area contributed by atoms with Gasteiger partial charge in [-0.2, -0.15) is 0 Å². The molecule has 1 aromatic heterocycles. The molecule has 120 valence electrons. The number of carbonyl (C=O) groups excluding carboxylic acids is 1. The van der Waals surface area contributed by atoms with Crippen LogP contribution in [0, 0.1) is 0 Å². The Hall–Kier alpha value is -3.34. The lowest BCUT2D eigenvalue weighted by Gasteiger charge is -2.04. The molecule has 0 saturated heterocycles. The van der Waals surface area contributed by atoms with Crippen molar-refractivity contribution in [1.82, 2.24) is 0 Å². The van der Waals surface area contributed by atoms with Crippen molar-refractivity contribution in [2.45, 2.75) is 6.42 Å². The van der Waals surface area contributed by atoms with E-state index in [4.69, 9.17) is 9.15 Å². The second-order valence-corrected chi connectivity index (χ2v) is 5.07. The minimum Gasteiger partial charge on any atom is -0.507 e. The quantitative estimate of drug-likeness (QED) is 0.576. The summed E-state index contributed by atoms with van der Waals surface area (Å²) in [7, 11) is 0. The van der Waals surface area contributed by atoms with E-state index in [0.717, 1.165) is 0 Å². The number of carbonyl (C=O) groups is 1. The fourth-order valence-corrected chi connectivity index (χ4v) is 2.43. The van der Waals surface area contributed by atoms with Gasteiger partial charge in [0.1, 0.15) is 17.1 Å². The van der Waals surface area contributed by atoms with E-state index in [1.807, 2.05) is 0 Å². The highest BCUT2D eigenvalue weighted by Crippen LogP contribution is 2.26. The predicted molar refractivity (Wildman–Crippen MR) is 90.0 cm³/mol. The molecule has 0 aliphatic heterocycles. The Morgan fingerprint density at radius 3 is 2.67 bits per heavy atom. The molecule has 0 saturated carbocycles. The van der Waals surface area contributed by atoms with Crippen LogP contribution in [0.5, 0.6) is 11.5 Å². The smallest absolute Gasteiger partial charge is 0.343 e. The van der Waals surface area contributed by atoms with E-state index in [0.29, 0.717) is 28.8 Å². The number of allylic oxidation sites excluding steroid dienone is 1. The summed E-state index contributed by atoms with van der Waals surface area (Å²) in [6.45, 7) is 0.358. The van der Waals surface area contributed by atoms with E-state index < -0.39 is 5.63 Å². The van der Waals surface area contributed by atoms with Gasteiger partial charge in [0.2, 0.25) is 0 Å². The van der Waals surface area contributed by atoms with Gasteiger partial charge in [-0.25, -0.2) is 4.79 Å². The van der Waals surface area contributed by atoms with Crippen molar-refractivity contribution in [3.63, 3.8) is 0 Å². The van der Waals surface area contributed by atoms with E-state index >= 15 is 0 Å². The molecule has 0 atom stereocenters. The second kappa shape index (κ2) is 6.83. The lowest BCUT2D eigenvalue weighted by Crippen LogP contribution is -2.06. The lowest BCUT2D eigenvalue weighted by atomic mass is 10.1. The van der Waals surface area contributed by atoms with Crippen molar-refractivity contribution in [3.05, 3.63) is 76.2 Å². The monoisotopic (exact) mass is 322 g/mol. The number of hydrogen-bond acceptors (Lipinski definition) is 5. The minimum atomic E-state index is -0.576. The number of aromatic hydroxyl groups is 1. The van der Waals surface area contributed by atoms with Crippen LogP contribution in [0.25, 0.3) is 17.0 Å². The zero-order valence-electron chi connectivity index (χ0n) is 12.6. The maximum atomic E-state index is 12.0. The summed E-state index contributed by atoms with van der Waals surface area (Å²) in [4.78, 5) is 22.5. The lowest BCUT2D eigenvalue weighted by molar-refractivity contribution is -0.120. The topological polar surface area (TPSA) is 76.7 Å². The second-order valence-electron chi connectivity index (χ2n) is 5.07. The largest absolute Gasteiger partial charge is 0.507 e. The van der Waals surface area contributed by atoms with Crippen LogP contribution in [0.15, 0.2) is 63.8 Å². The zero-order chi connectivity index (χ0) is 16.9. The molecule has 1 N–H and O–H groups in total. The first kappa shape index (κ1) is 15.6. The maximum Gasteiger partial charge on any atom is 0.343 e. The van der Waals surface area contributed by atoms with Crippen molar-refractivity contribution >= 4 is 23.5 Å². The Kier molecular flexibility index (Phi) is 4.43. The Morgan fingerprint density at radius 2 is 1.83 bits per heavy atom. The van der Waals surface area contributed by atoms with Gasteiger partial charge in [0.15, 0.2) is 0 Å². The first-order valence-electron chi connectivity index (χ1n) is 7.30. The van der Waals surface area contributed by atoms with Crippen molar-refractivity contribution in [1.29, 1.82) is 0 Å². The third-order valence-corrected chi connectivity index (χ3v) is 3.59. The Balaban J connectivity index is 1.91. The maximum absolute atomic E-state index is 12.0. The summed E-state index contributed by atoms with van der Waals surface area (Å²) >= 11 is 0. The third kappa shape index (κ3) is 3.05. The molecule has 3 aromatic rings. The van der Waals surface area contributed by atoms with E-state index in [9.17, 15) is 14.7 Å². The highest BCUT2D eigenvalue weighted by molar-refractivity contribution is 5.84. The van der Waals surface area contributed by atoms with Crippen LogP contribution in [0.4, 0.5) is 0 Å². The van der Waals surface area contributed by atoms with Crippen LogP contribution in [-0.2, 0) is 11.2 Å². The fourth-order valence-electron chi connectivity index (χ4n) is 2.43. The number of benzene rings is 2. The van der Waals surface area contributed by atoms with Crippen molar-refractivity contribution in [2.75, 3.05) is 0 Å². The SMILES string of the molecule is O=COc1ccccc1/C=C/Cc1c(O)c2ccccc2oc1=O. The molecule has 0 bridgehead atoms. The van der Waals surface area contributed by atoms with Crippen molar-refractivity contribution in [2.24, 2.45) is 0 Å². The number of para-hydroxylation sites is 2. The Bertz CT molecular complexity index is 969. The summed E-state index contributed by atoms with van der Waals surface area (Å²) in [5, 5.41) is 10.8. The van der Waals surface area contributed by atoms with Crippen molar-refractivity contribution < 1.29 is 19.1 Å². The van der Waals surface area contributed by atoms with Crippen LogP contribution in [0.3, 0.4) is 0 Å². The molecule has 0 amide bonds. The first-order chi connectivity index (χ1) is 11.7. The highest BCUT2D eigenvalue weighted by atomic mass is 16.5. The molecule has 3 rings (SSSR count). The molecule has 0 aliphatic rings. The molecule has 0 aliphatic carbocycles. The summed E-state index contributed by atoms with van der Waals surface area (Å²) < 4.78 is 10.1. The molecule has 5 heteroatoms. The highest BCUT2D eigenvalue weighted by Gasteiger charge is 2.12. The van der Waals surface area contributed by atoms with Crippen LogP contribution in [0.1, 0.15) is 11.1 Å². The van der Waals surface area contributed by atoms with Gasteiger partial charge in [-0.15, -0.1) is 0 Å². The first-order valence-corrected chi connectivity index (χ1v) is 7.30. The van der Waals surface area contributed by atoms with Gasteiger partial charge in [-0.05, 0) is 18.2 Å². The van der Waals surface area contributed by atoms with Crippen LogP contribution < -0.4 is 10.4 Å². The van der Waals surface area contributed by atoms with Gasteiger partial charge in [-0.3, -0.25) is 4.79 Å². The molecule has 24 heavy (non-hydrogen) atoms. The van der Waals surface area contributed by atoms with Gasteiger partial charge < -0.3 is 14.3 Å². The summed E-state index contributed by atoms with van der Waals surface area (Å²) in [5.41, 5.74) is 0.638. The molecule has 1 heterocycles. The van der Waals surface area contributed by atoms with Gasteiger partial charge in [-0.1, -0.05) is 42.5 Å². The summed E-state index contributed by atoms with van der Waals surface area (Å²) in [5.74, 6) is 0.336. The average molecular weight is 322 g/mol. The van der Waals surface area contributed by atoms with Crippen LogP contribution in [0.2, 0.25) is 0 Å². The Morgan fingerprint density at radius 1 is 1.08 bits per heavy atom. The van der Waals surface area contributed by atoms with E-state index in [-0.39, 0.29) is 17.7 Å². The molecular formula is C19H14O5. The zero-order valence-corrected chi connectivity index (χ0v) is 12.6. The van der Waals surface area contributed by atoms with E-state index in [2.05, 4.69) is 0 Å². The standard InChI is InChI=1S/C19H14O5/c20-12-23-16-10-3-1-6-13(16)7-5-9-15-18(21)14-8-2-4-11-17(14)24-19(15)22/h1-8,10-12,21H,9H2/b7-5+. The third-order valence-electron chi connectivity index (χ3n) is 3.59. The van der Waals surface area contributed by atoms with Crippen LogP contribution >= 0.6 is 0 Å².